The molecule has 0 bridgehead atoms. The van der Waals surface area contributed by atoms with Gasteiger partial charge in [-0.3, -0.25) is 4.79 Å². The fourth-order valence-electron chi connectivity index (χ4n) is 1.65. The van der Waals surface area contributed by atoms with Gasteiger partial charge in [-0.1, -0.05) is 18.2 Å². The predicted molar refractivity (Wildman–Crippen MR) is 72.6 cm³/mol. The number of carbonyl (C=O) groups excluding carboxylic acids is 1. The van der Waals surface area contributed by atoms with Gasteiger partial charge in [0.2, 0.25) is 0 Å². The lowest BCUT2D eigenvalue weighted by molar-refractivity contribution is 0.104. The van der Waals surface area contributed by atoms with Crippen molar-refractivity contribution in [3.63, 3.8) is 0 Å². The van der Waals surface area contributed by atoms with Crippen LogP contribution < -0.4 is 0 Å². The summed E-state index contributed by atoms with van der Waals surface area (Å²) in [5, 5.41) is 9.14. The molecule has 96 valence electrons. The molecule has 2 rings (SSSR count). The molecule has 19 heavy (non-hydrogen) atoms. The van der Waals surface area contributed by atoms with E-state index in [1.165, 1.54) is 24.3 Å². The average Bonchev–Trinajstić information content (AvgIpc) is 2.41. The number of carbonyl (C=O) groups is 1. The number of aryl methyl sites for hydroxylation is 1. The Labute approximate surface area is 110 Å². The first-order valence-electron chi connectivity index (χ1n) is 5.84. The molecule has 0 aliphatic carbocycles. The Kier molecular flexibility index (Phi) is 3.76. The van der Waals surface area contributed by atoms with Crippen LogP contribution in [0.4, 0.5) is 4.39 Å². The Bertz CT molecular complexity index is 628. The minimum absolute atomic E-state index is 0.178. The third kappa shape index (κ3) is 3.28. The summed E-state index contributed by atoms with van der Waals surface area (Å²) in [6, 6.07) is 10.8. The normalized spacial score (nSPS) is 10.8. The van der Waals surface area contributed by atoms with E-state index >= 15 is 0 Å². The number of ketones is 1. The van der Waals surface area contributed by atoms with Gasteiger partial charge in [-0.15, -0.1) is 0 Å². The molecule has 0 fully saturated rings. The minimum atomic E-state index is -0.320. The largest absolute Gasteiger partial charge is 0.508 e. The van der Waals surface area contributed by atoms with E-state index in [4.69, 9.17) is 5.11 Å². The first kappa shape index (κ1) is 13.0. The number of benzene rings is 2. The van der Waals surface area contributed by atoms with Crippen molar-refractivity contribution in [2.75, 3.05) is 0 Å². The summed E-state index contributed by atoms with van der Waals surface area (Å²) in [5.74, 6) is -0.326. The maximum Gasteiger partial charge on any atom is 0.185 e. The van der Waals surface area contributed by atoms with E-state index in [2.05, 4.69) is 0 Å². The standard InChI is InChI=1S/C16H13FO2/c1-11-10-13(5-8-15(11)17)16(19)9-4-12-2-6-14(18)7-3-12/h2-10,18H,1H3/b9-4+. The lowest BCUT2D eigenvalue weighted by Gasteiger charge is -1.99. The average molecular weight is 256 g/mol. The van der Waals surface area contributed by atoms with Crippen LogP contribution >= 0.6 is 0 Å². The number of hydrogen-bond donors (Lipinski definition) is 1. The highest BCUT2D eigenvalue weighted by atomic mass is 19.1. The summed E-state index contributed by atoms with van der Waals surface area (Å²) in [6.45, 7) is 1.62. The van der Waals surface area contributed by atoms with Crippen LogP contribution in [0.3, 0.4) is 0 Å². The molecule has 0 amide bonds. The van der Waals surface area contributed by atoms with Crippen LogP contribution in [-0.2, 0) is 0 Å². The summed E-state index contributed by atoms with van der Waals surface area (Å²) >= 11 is 0. The van der Waals surface area contributed by atoms with Gasteiger partial charge in [0.05, 0.1) is 0 Å². The van der Waals surface area contributed by atoms with E-state index in [9.17, 15) is 9.18 Å². The van der Waals surface area contributed by atoms with Gasteiger partial charge in [0.25, 0.3) is 0 Å². The molecule has 0 saturated carbocycles. The Morgan fingerprint density at radius 3 is 2.47 bits per heavy atom. The van der Waals surface area contributed by atoms with Crippen molar-refractivity contribution in [3.05, 3.63) is 71.0 Å². The molecule has 0 aliphatic rings. The lowest BCUT2D eigenvalue weighted by atomic mass is 10.1. The Morgan fingerprint density at radius 2 is 1.84 bits per heavy atom. The van der Waals surface area contributed by atoms with Gasteiger partial charge in [0.15, 0.2) is 5.78 Å². The van der Waals surface area contributed by atoms with Crippen LogP contribution in [0.1, 0.15) is 21.5 Å². The summed E-state index contributed by atoms with van der Waals surface area (Å²) < 4.78 is 13.1. The Balaban J connectivity index is 2.16. The van der Waals surface area contributed by atoms with Crippen LogP contribution in [0.25, 0.3) is 6.08 Å². The molecule has 0 spiro atoms. The molecule has 0 aliphatic heterocycles. The SMILES string of the molecule is Cc1cc(C(=O)/C=C/c2ccc(O)cc2)ccc1F. The van der Waals surface area contributed by atoms with E-state index in [1.807, 2.05) is 0 Å². The van der Waals surface area contributed by atoms with E-state index in [1.54, 1.807) is 37.3 Å². The number of hydrogen-bond acceptors (Lipinski definition) is 2. The van der Waals surface area contributed by atoms with Gasteiger partial charge in [-0.25, -0.2) is 4.39 Å². The molecule has 3 heteroatoms. The number of phenolic OH excluding ortho intramolecular Hbond substituents is 1. The van der Waals surface area contributed by atoms with Crippen molar-refractivity contribution in [2.45, 2.75) is 6.92 Å². The molecule has 2 aromatic rings. The molecule has 0 radical (unpaired) electrons. The fraction of sp³-hybridized carbons (Fsp3) is 0.0625. The Morgan fingerprint density at radius 1 is 1.16 bits per heavy atom. The minimum Gasteiger partial charge on any atom is -0.508 e. The van der Waals surface area contributed by atoms with Crippen LogP contribution in [0.5, 0.6) is 5.75 Å². The van der Waals surface area contributed by atoms with Crippen molar-refractivity contribution in [3.8, 4) is 5.75 Å². The smallest absolute Gasteiger partial charge is 0.185 e. The molecule has 0 heterocycles. The first-order valence-corrected chi connectivity index (χ1v) is 5.84. The molecule has 0 aromatic heterocycles. The molecule has 2 nitrogen and oxygen atoms in total. The number of halogens is 1. The van der Waals surface area contributed by atoms with Gasteiger partial charge in [0, 0.05) is 5.56 Å². The van der Waals surface area contributed by atoms with Crippen molar-refractivity contribution in [1.29, 1.82) is 0 Å². The molecule has 0 unspecified atom stereocenters. The van der Waals surface area contributed by atoms with Gasteiger partial charge in [-0.05, 0) is 54.5 Å². The zero-order valence-corrected chi connectivity index (χ0v) is 10.4. The summed E-state index contributed by atoms with van der Waals surface area (Å²) in [6.07, 6.45) is 3.08. The van der Waals surface area contributed by atoms with E-state index in [-0.39, 0.29) is 17.3 Å². The first-order chi connectivity index (χ1) is 9.06. The lowest BCUT2D eigenvalue weighted by Crippen LogP contribution is -1.96. The molecule has 0 saturated heterocycles. The highest BCUT2D eigenvalue weighted by Crippen LogP contribution is 2.13. The number of phenols is 1. The van der Waals surface area contributed by atoms with E-state index < -0.39 is 0 Å². The Hall–Kier alpha value is -2.42. The molecule has 2 aromatic carbocycles. The van der Waals surface area contributed by atoms with Crippen LogP contribution in [-0.4, -0.2) is 10.9 Å². The highest BCUT2D eigenvalue weighted by molar-refractivity contribution is 6.06. The van der Waals surface area contributed by atoms with E-state index in [0.717, 1.165) is 5.56 Å². The molecule has 0 atom stereocenters. The maximum atomic E-state index is 13.1. The molecule has 1 N–H and O–H groups in total. The second-order valence-electron chi connectivity index (χ2n) is 4.25. The van der Waals surface area contributed by atoms with Crippen molar-refractivity contribution in [1.82, 2.24) is 0 Å². The molecular weight excluding hydrogens is 243 g/mol. The summed E-state index contributed by atoms with van der Waals surface area (Å²) in [5.41, 5.74) is 1.71. The zero-order chi connectivity index (χ0) is 13.8. The number of aromatic hydroxyl groups is 1. The molecular formula is C16H13FO2. The monoisotopic (exact) mass is 256 g/mol. The van der Waals surface area contributed by atoms with Gasteiger partial charge in [0.1, 0.15) is 11.6 Å². The van der Waals surface area contributed by atoms with Crippen molar-refractivity contribution < 1.29 is 14.3 Å². The second-order valence-corrected chi connectivity index (χ2v) is 4.25. The number of rotatable bonds is 3. The third-order valence-corrected chi connectivity index (χ3v) is 2.76. The quantitative estimate of drug-likeness (QED) is 0.671. The van der Waals surface area contributed by atoms with Crippen molar-refractivity contribution in [2.24, 2.45) is 0 Å². The summed E-state index contributed by atoms with van der Waals surface area (Å²) in [4.78, 5) is 11.9. The van der Waals surface area contributed by atoms with Gasteiger partial charge >= 0.3 is 0 Å². The van der Waals surface area contributed by atoms with Crippen molar-refractivity contribution >= 4 is 11.9 Å². The third-order valence-electron chi connectivity index (χ3n) is 2.76. The zero-order valence-electron chi connectivity index (χ0n) is 10.4. The number of allylic oxidation sites excluding steroid dienone is 1. The van der Waals surface area contributed by atoms with E-state index in [0.29, 0.717) is 11.1 Å². The van der Waals surface area contributed by atoms with Gasteiger partial charge in [-0.2, -0.15) is 0 Å². The highest BCUT2D eigenvalue weighted by Gasteiger charge is 2.04. The topological polar surface area (TPSA) is 37.3 Å². The van der Waals surface area contributed by atoms with Crippen LogP contribution in [0.2, 0.25) is 0 Å². The van der Waals surface area contributed by atoms with Crippen LogP contribution in [0.15, 0.2) is 48.5 Å². The second kappa shape index (κ2) is 5.48. The fourth-order valence-corrected chi connectivity index (χ4v) is 1.65. The summed E-state index contributed by atoms with van der Waals surface area (Å²) in [7, 11) is 0. The maximum absolute atomic E-state index is 13.1. The van der Waals surface area contributed by atoms with Crippen LogP contribution in [0, 0.1) is 12.7 Å². The van der Waals surface area contributed by atoms with Gasteiger partial charge < -0.3 is 5.11 Å². The predicted octanol–water partition coefficient (Wildman–Crippen LogP) is 3.74.